The van der Waals surface area contributed by atoms with Gasteiger partial charge >= 0.3 is 0 Å². The normalized spacial score (nSPS) is 23.4. The van der Waals surface area contributed by atoms with E-state index in [0.29, 0.717) is 13.0 Å². The summed E-state index contributed by atoms with van der Waals surface area (Å²) in [6.45, 7) is 2.68. The first-order chi connectivity index (χ1) is 8.05. The van der Waals surface area contributed by atoms with Gasteiger partial charge in [0.15, 0.2) is 0 Å². The molecule has 2 rings (SSSR count). The summed E-state index contributed by atoms with van der Waals surface area (Å²) in [7, 11) is 0. The van der Waals surface area contributed by atoms with E-state index in [1.54, 1.807) is 0 Å². The third-order valence-corrected chi connectivity index (χ3v) is 3.36. The van der Waals surface area contributed by atoms with Gasteiger partial charge in [0.2, 0.25) is 5.92 Å². The van der Waals surface area contributed by atoms with Crippen molar-refractivity contribution < 1.29 is 8.78 Å². The van der Waals surface area contributed by atoms with Crippen LogP contribution in [0.5, 0.6) is 0 Å². The third kappa shape index (κ3) is 3.69. The number of hydrogen-bond donors (Lipinski definition) is 1. The highest BCUT2D eigenvalue weighted by Gasteiger charge is 2.35. The van der Waals surface area contributed by atoms with E-state index in [9.17, 15) is 8.78 Å². The molecule has 0 saturated heterocycles. The summed E-state index contributed by atoms with van der Waals surface area (Å²) < 4.78 is 26.4. The number of aryl methyl sites for hydroxylation is 1. The molecule has 1 N–H and O–H groups in total. The average Bonchev–Trinajstić information content (AvgIpc) is 2.25. The fourth-order valence-electron chi connectivity index (χ4n) is 2.47. The molecule has 0 aromatic heterocycles. The second-order valence-electron chi connectivity index (χ2n) is 5.07. The highest BCUT2D eigenvalue weighted by molar-refractivity contribution is 5.45. The van der Waals surface area contributed by atoms with Crippen LogP contribution in [0.25, 0.3) is 0 Å². The number of nitrogens with one attached hydrogen (secondary N) is 1. The summed E-state index contributed by atoms with van der Waals surface area (Å²) in [6, 6.07) is 8.03. The summed E-state index contributed by atoms with van der Waals surface area (Å²) in [6.07, 6.45) is 1.65. The van der Waals surface area contributed by atoms with Crippen molar-refractivity contribution in [3.05, 3.63) is 29.8 Å². The first-order valence-corrected chi connectivity index (χ1v) is 6.23. The molecule has 94 valence electrons. The highest BCUT2D eigenvalue weighted by atomic mass is 19.3. The van der Waals surface area contributed by atoms with Gasteiger partial charge in [0, 0.05) is 25.1 Å². The molecule has 1 saturated carbocycles. The molecule has 1 nitrogen and oxygen atoms in total. The zero-order chi connectivity index (χ0) is 12.3. The minimum atomic E-state index is -2.45. The summed E-state index contributed by atoms with van der Waals surface area (Å²) in [5, 5.41) is 3.26. The summed E-state index contributed by atoms with van der Waals surface area (Å²) >= 11 is 0. The maximum absolute atomic E-state index is 13.2. The first-order valence-electron chi connectivity index (χ1n) is 6.23. The molecule has 1 atom stereocenters. The van der Waals surface area contributed by atoms with Gasteiger partial charge in [0.1, 0.15) is 0 Å². The van der Waals surface area contributed by atoms with Crippen LogP contribution in [0.2, 0.25) is 0 Å². The van der Waals surface area contributed by atoms with Gasteiger partial charge in [0.25, 0.3) is 0 Å². The third-order valence-electron chi connectivity index (χ3n) is 3.36. The van der Waals surface area contributed by atoms with Gasteiger partial charge in [-0.15, -0.1) is 0 Å². The predicted octanol–water partition coefficient (Wildman–Crippen LogP) is 4.23. The lowest BCUT2D eigenvalue weighted by atomic mass is 9.86. The molecule has 17 heavy (non-hydrogen) atoms. The molecule has 0 heterocycles. The van der Waals surface area contributed by atoms with Crippen molar-refractivity contribution in [1.29, 1.82) is 0 Å². The number of benzene rings is 1. The van der Waals surface area contributed by atoms with E-state index < -0.39 is 5.92 Å². The molecule has 0 bridgehead atoms. The summed E-state index contributed by atoms with van der Waals surface area (Å²) in [5.74, 6) is -2.35. The molecule has 0 spiro atoms. The molecule has 3 heteroatoms. The fraction of sp³-hybridized carbons (Fsp3) is 0.571. The Balaban J connectivity index is 1.86. The van der Waals surface area contributed by atoms with E-state index in [0.717, 1.165) is 12.1 Å². The molecule has 1 unspecified atom stereocenters. The van der Waals surface area contributed by atoms with E-state index in [2.05, 4.69) is 5.32 Å². The second kappa shape index (κ2) is 5.03. The van der Waals surface area contributed by atoms with Crippen LogP contribution in [0, 0.1) is 12.8 Å². The van der Waals surface area contributed by atoms with Crippen molar-refractivity contribution in [3.63, 3.8) is 0 Å². The molecule has 1 aromatic carbocycles. The Bertz CT molecular complexity index is 376. The van der Waals surface area contributed by atoms with E-state index in [-0.39, 0.29) is 18.8 Å². The van der Waals surface area contributed by atoms with Gasteiger partial charge in [0.05, 0.1) is 0 Å². The van der Waals surface area contributed by atoms with Crippen LogP contribution in [0.15, 0.2) is 24.3 Å². The molecular formula is C14H19F2N. The lowest BCUT2D eigenvalue weighted by Crippen LogP contribution is -2.29. The average molecular weight is 239 g/mol. The SMILES string of the molecule is Cc1cccc(NCC2CCCC(F)(F)C2)c1. The maximum atomic E-state index is 13.2. The van der Waals surface area contributed by atoms with Crippen molar-refractivity contribution in [1.82, 2.24) is 0 Å². The number of alkyl halides is 2. The second-order valence-corrected chi connectivity index (χ2v) is 5.07. The Morgan fingerprint density at radius 3 is 2.94 bits per heavy atom. The van der Waals surface area contributed by atoms with Crippen molar-refractivity contribution in [2.75, 3.05) is 11.9 Å². The molecule has 1 aliphatic carbocycles. The van der Waals surface area contributed by atoms with E-state index in [1.807, 2.05) is 31.2 Å². The standard InChI is InChI=1S/C14H19F2N/c1-11-4-2-6-13(8-11)17-10-12-5-3-7-14(15,16)9-12/h2,4,6,8,12,17H,3,5,7,9-10H2,1H3. The molecule has 1 aromatic rings. The van der Waals surface area contributed by atoms with Gasteiger partial charge < -0.3 is 5.32 Å². The monoisotopic (exact) mass is 239 g/mol. The zero-order valence-electron chi connectivity index (χ0n) is 10.2. The van der Waals surface area contributed by atoms with Gasteiger partial charge in [-0.05, 0) is 43.4 Å². The van der Waals surface area contributed by atoms with Crippen molar-refractivity contribution in [3.8, 4) is 0 Å². The van der Waals surface area contributed by atoms with Crippen LogP contribution < -0.4 is 5.32 Å². The van der Waals surface area contributed by atoms with Crippen LogP contribution in [-0.4, -0.2) is 12.5 Å². The summed E-state index contributed by atoms with van der Waals surface area (Å²) in [4.78, 5) is 0. The zero-order valence-corrected chi connectivity index (χ0v) is 10.2. The quantitative estimate of drug-likeness (QED) is 0.832. The van der Waals surface area contributed by atoms with Crippen LogP contribution in [0.3, 0.4) is 0 Å². The van der Waals surface area contributed by atoms with E-state index >= 15 is 0 Å². The Morgan fingerprint density at radius 2 is 2.24 bits per heavy atom. The Labute approximate surface area is 101 Å². The van der Waals surface area contributed by atoms with E-state index in [4.69, 9.17) is 0 Å². The molecule has 0 amide bonds. The largest absolute Gasteiger partial charge is 0.385 e. The Morgan fingerprint density at radius 1 is 1.41 bits per heavy atom. The lowest BCUT2D eigenvalue weighted by molar-refractivity contribution is -0.0502. The molecule has 1 aliphatic rings. The number of hydrogen-bond acceptors (Lipinski definition) is 1. The van der Waals surface area contributed by atoms with Crippen molar-refractivity contribution >= 4 is 5.69 Å². The molecule has 1 fully saturated rings. The van der Waals surface area contributed by atoms with Gasteiger partial charge in [-0.3, -0.25) is 0 Å². The number of anilines is 1. The number of halogens is 2. The van der Waals surface area contributed by atoms with Gasteiger partial charge in [-0.25, -0.2) is 8.78 Å². The molecule has 0 aliphatic heterocycles. The minimum Gasteiger partial charge on any atom is -0.385 e. The lowest BCUT2D eigenvalue weighted by Gasteiger charge is -2.29. The minimum absolute atomic E-state index is 0.0335. The first kappa shape index (κ1) is 12.3. The van der Waals surface area contributed by atoms with Crippen LogP contribution >= 0.6 is 0 Å². The topological polar surface area (TPSA) is 12.0 Å². The Hall–Kier alpha value is -1.12. The highest BCUT2D eigenvalue weighted by Crippen LogP contribution is 2.36. The van der Waals surface area contributed by atoms with Crippen LogP contribution in [-0.2, 0) is 0 Å². The van der Waals surface area contributed by atoms with Crippen LogP contribution in [0.4, 0.5) is 14.5 Å². The van der Waals surface area contributed by atoms with Crippen molar-refractivity contribution in [2.45, 2.75) is 38.5 Å². The number of rotatable bonds is 3. The molecule has 0 radical (unpaired) electrons. The predicted molar refractivity (Wildman–Crippen MR) is 66.6 cm³/mol. The van der Waals surface area contributed by atoms with E-state index in [1.165, 1.54) is 5.56 Å². The van der Waals surface area contributed by atoms with Gasteiger partial charge in [-0.2, -0.15) is 0 Å². The maximum Gasteiger partial charge on any atom is 0.248 e. The van der Waals surface area contributed by atoms with Gasteiger partial charge in [-0.1, -0.05) is 12.1 Å². The molecular weight excluding hydrogens is 220 g/mol. The Kier molecular flexibility index (Phi) is 3.65. The summed E-state index contributed by atoms with van der Waals surface area (Å²) in [5.41, 5.74) is 2.21. The van der Waals surface area contributed by atoms with Crippen molar-refractivity contribution in [2.24, 2.45) is 5.92 Å². The fourth-order valence-corrected chi connectivity index (χ4v) is 2.47. The smallest absolute Gasteiger partial charge is 0.248 e. The van der Waals surface area contributed by atoms with Crippen LogP contribution in [0.1, 0.15) is 31.2 Å².